The maximum Gasteiger partial charge on any atom is 0.407 e. The molecule has 9 nitrogen and oxygen atoms in total. The zero-order valence-corrected chi connectivity index (χ0v) is 25.5. The van der Waals surface area contributed by atoms with Gasteiger partial charge in [-0.25, -0.2) is 9.59 Å². The van der Waals surface area contributed by atoms with Gasteiger partial charge in [-0.2, -0.15) is 0 Å². The van der Waals surface area contributed by atoms with Gasteiger partial charge in [0.2, 0.25) is 11.8 Å². The zero-order chi connectivity index (χ0) is 31.0. The minimum Gasteiger partial charge on any atom is -0.458 e. The Balaban J connectivity index is 1.47. The molecular formula is C33H37N3O6S. The van der Waals surface area contributed by atoms with Crippen LogP contribution in [0.15, 0.2) is 78.9 Å². The lowest BCUT2D eigenvalue weighted by Crippen LogP contribution is -2.51. The second-order valence-corrected chi connectivity index (χ2v) is 12.2. The minimum atomic E-state index is -1.10. The Labute approximate surface area is 256 Å². The predicted molar refractivity (Wildman–Crippen MR) is 166 cm³/mol. The summed E-state index contributed by atoms with van der Waals surface area (Å²) >= 11 is 1.25. The van der Waals surface area contributed by atoms with Crippen molar-refractivity contribution >= 4 is 35.6 Å². The van der Waals surface area contributed by atoms with Gasteiger partial charge < -0.3 is 25.4 Å². The summed E-state index contributed by atoms with van der Waals surface area (Å²) in [7, 11) is 0. The summed E-state index contributed by atoms with van der Waals surface area (Å²) in [6.07, 6.45) is -0.768. The number of carbonyl (C=O) groups is 4. The number of benzene rings is 3. The second-order valence-electron chi connectivity index (χ2n) is 11.2. The quantitative estimate of drug-likeness (QED) is 0.162. The summed E-state index contributed by atoms with van der Waals surface area (Å²) in [4.78, 5) is 51.1. The molecule has 0 aromatic heterocycles. The van der Waals surface area contributed by atoms with Crippen LogP contribution in [-0.4, -0.2) is 53.8 Å². The van der Waals surface area contributed by atoms with Crippen molar-refractivity contribution in [3.63, 3.8) is 0 Å². The van der Waals surface area contributed by atoms with E-state index in [4.69, 9.17) is 9.47 Å². The van der Waals surface area contributed by atoms with Gasteiger partial charge in [0.05, 0.1) is 5.88 Å². The van der Waals surface area contributed by atoms with Crippen molar-refractivity contribution in [3.05, 3.63) is 95.6 Å². The van der Waals surface area contributed by atoms with Crippen molar-refractivity contribution in [3.8, 4) is 11.1 Å². The Hall–Kier alpha value is -4.31. The molecule has 0 unspecified atom stereocenters. The van der Waals surface area contributed by atoms with Crippen molar-refractivity contribution in [1.82, 2.24) is 16.0 Å². The van der Waals surface area contributed by atoms with E-state index in [0.29, 0.717) is 5.56 Å². The first kappa shape index (κ1) is 31.6. The van der Waals surface area contributed by atoms with Gasteiger partial charge in [0.25, 0.3) is 0 Å². The van der Waals surface area contributed by atoms with Gasteiger partial charge in [-0.15, -0.1) is 11.8 Å². The van der Waals surface area contributed by atoms with Crippen molar-refractivity contribution in [2.75, 3.05) is 18.2 Å². The molecule has 2 atom stereocenters. The first-order chi connectivity index (χ1) is 20.5. The molecule has 0 saturated heterocycles. The lowest BCUT2D eigenvalue weighted by atomic mass is 9.98. The molecule has 0 radical (unpaired) electrons. The van der Waals surface area contributed by atoms with Crippen LogP contribution >= 0.6 is 11.8 Å². The van der Waals surface area contributed by atoms with Gasteiger partial charge in [0, 0.05) is 18.6 Å². The molecule has 43 heavy (non-hydrogen) atoms. The van der Waals surface area contributed by atoms with E-state index in [0.717, 1.165) is 22.3 Å². The van der Waals surface area contributed by atoms with Crippen LogP contribution in [0.2, 0.25) is 0 Å². The summed E-state index contributed by atoms with van der Waals surface area (Å²) in [5.41, 5.74) is 4.11. The molecule has 0 fully saturated rings. The molecule has 0 bridgehead atoms. The number of fused-ring (bicyclic) bond motifs is 3. The van der Waals surface area contributed by atoms with Gasteiger partial charge in [-0.1, -0.05) is 78.9 Å². The molecular weight excluding hydrogens is 566 g/mol. The number of hydrogen-bond donors (Lipinski definition) is 3. The number of alkyl carbamates (subject to hydrolysis) is 1. The van der Waals surface area contributed by atoms with E-state index in [9.17, 15) is 19.2 Å². The molecule has 0 saturated carbocycles. The molecule has 1 aliphatic rings. The van der Waals surface area contributed by atoms with Crippen LogP contribution in [-0.2, 0) is 23.9 Å². The number of hydrogen-bond acceptors (Lipinski definition) is 7. The van der Waals surface area contributed by atoms with E-state index in [2.05, 4.69) is 28.1 Å². The smallest absolute Gasteiger partial charge is 0.407 e. The molecule has 226 valence electrons. The van der Waals surface area contributed by atoms with E-state index < -0.39 is 35.7 Å². The topological polar surface area (TPSA) is 123 Å². The third kappa shape index (κ3) is 8.61. The van der Waals surface area contributed by atoms with Crippen molar-refractivity contribution in [1.29, 1.82) is 0 Å². The van der Waals surface area contributed by atoms with Crippen LogP contribution in [0.25, 0.3) is 11.1 Å². The fraction of sp³-hybridized carbons (Fsp3) is 0.333. The first-order valence-corrected chi connectivity index (χ1v) is 15.2. The summed E-state index contributed by atoms with van der Waals surface area (Å²) < 4.78 is 11.2. The average molecular weight is 604 g/mol. The van der Waals surface area contributed by atoms with Crippen LogP contribution in [0.5, 0.6) is 0 Å². The SMILES string of the molecule is CC(=O)NCSC[C@H](NC(=O)OCC1c2ccccc2-c2ccccc21)C(=O)N[C@H](C(=O)OC(C)(C)C)c1ccccc1. The Morgan fingerprint density at radius 1 is 0.837 bits per heavy atom. The van der Waals surface area contributed by atoms with Gasteiger partial charge in [-0.05, 0) is 48.6 Å². The Morgan fingerprint density at radius 3 is 2.00 bits per heavy atom. The normalized spacial score (nSPS) is 13.6. The van der Waals surface area contributed by atoms with E-state index in [1.165, 1.54) is 18.7 Å². The third-order valence-corrected chi connectivity index (χ3v) is 7.64. The van der Waals surface area contributed by atoms with Gasteiger partial charge in [-0.3, -0.25) is 9.59 Å². The van der Waals surface area contributed by atoms with Gasteiger partial charge >= 0.3 is 12.1 Å². The molecule has 1 aliphatic carbocycles. The number of thioether (sulfide) groups is 1. The number of esters is 1. The van der Waals surface area contributed by atoms with Crippen LogP contribution < -0.4 is 16.0 Å². The van der Waals surface area contributed by atoms with Crippen LogP contribution in [0.1, 0.15) is 56.3 Å². The number of nitrogens with one attached hydrogen (secondary N) is 3. The second kappa shape index (κ2) is 14.2. The lowest BCUT2D eigenvalue weighted by Gasteiger charge is -2.26. The van der Waals surface area contributed by atoms with E-state index >= 15 is 0 Å². The van der Waals surface area contributed by atoms with Crippen molar-refractivity contribution in [2.24, 2.45) is 0 Å². The molecule has 3 aromatic carbocycles. The first-order valence-electron chi connectivity index (χ1n) is 14.1. The van der Waals surface area contributed by atoms with Crippen LogP contribution in [0, 0.1) is 0 Å². The highest BCUT2D eigenvalue weighted by Gasteiger charge is 2.33. The van der Waals surface area contributed by atoms with Gasteiger partial charge in [0.15, 0.2) is 6.04 Å². The maximum atomic E-state index is 13.6. The monoisotopic (exact) mass is 603 g/mol. The largest absolute Gasteiger partial charge is 0.458 e. The number of ether oxygens (including phenoxy) is 2. The summed E-state index contributed by atoms with van der Waals surface area (Å²) in [6.45, 7) is 6.71. The highest BCUT2D eigenvalue weighted by Crippen LogP contribution is 2.44. The molecule has 10 heteroatoms. The van der Waals surface area contributed by atoms with Crippen LogP contribution in [0.3, 0.4) is 0 Å². The maximum absolute atomic E-state index is 13.6. The summed E-state index contributed by atoms with van der Waals surface area (Å²) in [5, 5.41) is 8.07. The lowest BCUT2D eigenvalue weighted by molar-refractivity contribution is -0.159. The van der Waals surface area contributed by atoms with E-state index in [1.54, 1.807) is 51.1 Å². The molecule has 4 rings (SSSR count). The molecule has 3 N–H and O–H groups in total. The highest BCUT2D eigenvalue weighted by molar-refractivity contribution is 7.99. The zero-order valence-electron chi connectivity index (χ0n) is 24.7. The van der Waals surface area contributed by atoms with E-state index in [1.807, 2.05) is 36.4 Å². The predicted octanol–water partition coefficient (Wildman–Crippen LogP) is 4.92. The molecule has 0 aliphatic heterocycles. The summed E-state index contributed by atoms with van der Waals surface area (Å²) in [5.74, 6) is -1.23. The van der Waals surface area contributed by atoms with Crippen molar-refractivity contribution < 1.29 is 28.7 Å². The van der Waals surface area contributed by atoms with Crippen molar-refractivity contribution in [2.45, 2.75) is 51.3 Å². The Kier molecular flexibility index (Phi) is 10.5. The molecule has 0 spiro atoms. The highest BCUT2D eigenvalue weighted by atomic mass is 32.2. The number of amides is 3. The molecule has 3 aromatic rings. The standard InChI is InChI=1S/C33H37N3O6S/c1-21(37)34-20-43-19-28(30(38)36-29(22-12-6-5-7-13-22)31(39)42-33(2,3)4)35-32(40)41-18-27-25-16-10-8-14-23(25)24-15-9-11-17-26(24)27/h5-17,27-29H,18-20H2,1-4H3,(H,34,37)(H,35,40)(H,36,38)/t28-,29-/m0/s1. The Bertz CT molecular complexity index is 1410. The summed E-state index contributed by atoms with van der Waals surface area (Å²) in [6, 6.07) is 22.6. The minimum absolute atomic E-state index is 0.0811. The molecule has 3 amide bonds. The molecule has 0 heterocycles. The average Bonchev–Trinajstić information content (AvgIpc) is 3.29. The van der Waals surface area contributed by atoms with Gasteiger partial charge in [0.1, 0.15) is 18.2 Å². The number of rotatable bonds is 11. The van der Waals surface area contributed by atoms with Crippen LogP contribution in [0.4, 0.5) is 4.79 Å². The number of carbonyl (C=O) groups excluding carboxylic acids is 4. The fourth-order valence-corrected chi connectivity index (χ4v) is 5.72. The fourth-order valence-electron chi connectivity index (χ4n) is 4.82. The Morgan fingerprint density at radius 2 is 1.42 bits per heavy atom. The third-order valence-electron chi connectivity index (χ3n) is 6.72. The van der Waals surface area contributed by atoms with E-state index in [-0.39, 0.29) is 30.1 Å².